The highest BCUT2D eigenvalue weighted by Gasteiger charge is 2.14. The van der Waals surface area contributed by atoms with E-state index in [0.717, 1.165) is 42.9 Å². The van der Waals surface area contributed by atoms with E-state index in [1.165, 1.54) is 5.56 Å². The molecule has 0 spiro atoms. The van der Waals surface area contributed by atoms with Crippen molar-refractivity contribution in [3.05, 3.63) is 28.2 Å². The van der Waals surface area contributed by atoms with Gasteiger partial charge in [-0.1, -0.05) is 6.07 Å². The van der Waals surface area contributed by atoms with E-state index in [9.17, 15) is 0 Å². The summed E-state index contributed by atoms with van der Waals surface area (Å²) >= 11 is 3.60. The lowest BCUT2D eigenvalue weighted by Gasteiger charge is -2.32. The van der Waals surface area contributed by atoms with Crippen LogP contribution in [0.4, 0.5) is 0 Å². The van der Waals surface area contributed by atoms with Gasteiger partial charge in [-0.3, -0.25) is 4.90 Å². The van der Waals surface area contributed by atoms with Crippen LogP contribution in [0, 0.1) is 0 Å². The molecule has 1 aromatic carbocycles. The first-order chi connectivity index (χ1) is 9.04. The van der Waals surface area contributed by atoms with Gasteiger partial charge in [0.25, 0.3) is 0 Å². The number of hydrogen-bond donors (Lipinski definition) is 0. The summed E-state index contributed by atoms with van der Waals surface area (Å²) in [6.45, 7) is 9.74. The van der Waals surface area contributed by atoms with Gasteiger partial charge >= 0.3 is 0 Å². The van der Waals surface area contributed by atoms with E-state index in [4.69, 9.17) is 4.74 Å². The van der Waals surface area contributed by atoms with E-state index in [2.05, 4.69) is 51.0 Å². The van der Waals surface area contributed by atoms with Crippen LogP contribution in [0.3, 0.4) is 0 Å². The van der Waals surface area contributed by atoms with Crippen LogP contribution in [0.2, 0.25) is 0 Å². The molecule has 1 saturated heterocycles. The number of likely N-dealkylation sites (N-methyl/N-ethyl adjacent to an activating group) is 1. The zero-order valence-corrected chi connectivity index (χ0v) is 13.6. The molecule has 1 aliphatic heterocycles. The zero-order chi connectivity index (χ0) is 13.8. The summed E-state index contributed by atoms with van der Waals surface area (Å²) in [5.41, 5.74) is 1.34. The van der Waals surface area contributed by atoms with Gasteiger partial charge in [-0.25, -0.2) is 0 Å². The third kappa shape index (κ3) is 4.48. The van der Waals surface area contributed by atoms with Crippen molar-refractivity contribution in [1.82, 2.24) is 9.80 Å². The molecule has 19 heavy (non-hydrogen) atoms. The van der Waals surface area contributed by atoms with Crippen molar-refractivity contribution in [2.24, 2.45) is 0 Å². The zero-order valence-electron chi connectivity index (χ0n) is 12.0. The number of rotatable bonds is 4. The molecule has 4 heteroatoms. The van der Waals surface area contributed by atoms with Crippen LogP contribution in [-0.4, -0.2) is 49.1 Å². The van der Waals surface area contributed by atoms with Crippen molar-refractivity contribution in [1.29, 1.82) is 0 Å². The topological polar surface area (TPSA) is 15.7 Å². The lowest BCUT2D eigenvalue weighted by molar-refractivity contribution is 0.148. The molecule has 0 amide bonds. The Morgan fingerprint density at radius 3 is 2.47 bits per heavy atom. The van der Waals surface area contributed by atoms with Crippen LogP contribution in [-0.2, 0) is 6.54 Å². The van der Waals surface area contributed by atoms with Crippen molar-refractivity contribution in [2.75, 3.05) is 33.2 Å². The second kappa shape index (κ2) is 6.73. The average molecular weight is 327 g/mol. The summed E-state index contributed by atoms with van der Waals surface area (Å²) < 4.78 is 6.79. The molecule has 1 fully saturated rings. The Morgan fingerprint density at radius 2 is 1.89 bits per heavy atom. The van der Waals surface area contributed by atoms with E-state index < -0.39 is 0 Å². The van der Waals surface area contributed by atoms with E-state index in [1.54, 1.807) is 0 Å². The van der Waals surface area contributed by atoms with Crippen LogP contribution in [0.25, 0.3) is 0 Å². The first-order valence-corrected chi connectivity index (χ1v) is 7.70. The van der Waals surface area contributed by atoms with Crippen molar-refractivity contribution in [2.45, 2.75) is 26.5 Å². The van der Waals surface area contributed by atoms with Crippen LogP contribution in [0.15, 0.2) is 22.7 Å². The Morgan fingerprint density at radius 1 is 1.21 bits per heavy atom. The molecular weight excluding hydrogens is 304 g/mol. The highest BCUT2D eigenvalue weighted by atomic mass is 79.9. The van der Waals surface area contributed by atoms with Crippen LogP contribution >= 0.6 is 15.9 Å². The Labute approximate surface area is 124 Å². The summed E-state index contributed by atoms with van der Waals surface area (Å²) in [6, 6.07) is 6.41. The Bertz CT molecular complexity index is 415. The van der Waals surface area contributed by atoms with Crippen LogP contribution in [0.5, 0.6) is 5.75 Å². The van der Waals surface area contributed by atoms with E-state index in [1.807, 2.05) is 13.8 Å². The van der Waals surface area contributed by atoms with E-state index in [0.29, 0.717) is 0 Å². The van der Waals surface area contributed by atoms with Crippen molar-refractivity contribution >= 4 is 15.9 Å². The summed E-state index contributed by atoms with van der Waals surface area (Å²) in [5.74, 6) is 0.928. The van der Waals surface area contributed by atoms with Gasteiger partial charge in [0.15, 0.2) is 0 Å². The van der Waals surface area contributed by atoms with Gasteiger partial charge in [0.05, 0.1) is 10.6 Å². The Hall–Kier alpha value is -0.580. The number of nitrogens with zero attached hydrogens (tertiary/aromatic N) is 2. The number of ether oxygens (including phenoxy) is 1. The first kappa shape index (κ1) is 14.8. The number of piperazine rings is 1. The smallest absolute Gasteiger partial charge is 0.133 e. The van der Waals surface area contributed by atoms with E-state index in [-0.39, 0.29) is 6.10 Å². The minimum absolute atomic E-state index is 0.208. The largest absolute Gasteiger partial charge is 0.490 e. The van der Waals surface area contributed by atoms with Gasteiger partial charge in [-0.05, 0) is 54.5 Å². The molecule has 0 bridgehead atoms. The van der Waals surface area contributed by atoms with Crippen molar-refractivity contribution in [3.8, 4) is 5.75 Å². The lowest BCUT2D eigenvalue weighted by Crippen LogP contribution is -2.43. The monoisotopic (exact) mass is 326 g/mol. The van der Waals surface area contributed by atoms with Crippen molar-refractivity contribution in [3.63, 3.8) is 0 Å². The van der Waals surface area contributed by atoms with Crippen LogP contribution < -0.4 is 4.74 Å². The lowest BCUT2D eigenvalue weighted by atomic mass is 10.2. The predicted molar refractivity (Wildman–Crippen MR) is 82.7 cm³/mol. The summed E-state index contributed by atoms with van der Waals surface area (Å²) in [5, 5.41) is 0. The molecule has 0 atom stereocenters. The second-order valence-corrected chi connectivity index (χ2v) is 6.37. The second-order valence-electron chi connectivity index (χ2n) is 5.51. The van der Waals surface area contributed by atoms with Gasteiger partial charge < -0.3 is 9.64 Å². The first-order valence-electron chi connectivity index (χ1n) is 6.90. The fraction of sp³-hybridized carbons (Fsp3) is 0.600. The molecular formula is C15H23BrN2O. The third-order valence-corrected chi connectivity index (χ3v) is 3.98. The molecule has 106 valence electrons. The molecule has 1 aromatic rings. The van der Waals surface area contributed by atoms with Gasteiger partial charge in [-0.15, -0.1) is 0 Å². The van der Waals surface area contributed by atoms with Gasteiger partial charge in [-0.2, -0.15) is 0 Å². The highest BCUT2D eigenvalue weighted by Crippen LogP contribution is 2.27. The average Bonchev–Trinajstić information content (AvgIpc) is 2.35. The molecule has 0 N–H and O–H groups in total. The number of halogens is 1. The molecule has 2 rings (SSSR count). The Kier molecular flexibility index (Phi) is 5.25. The van der Waals surface area contributed by atoms with Gasteiger partial charge in [0.2, 0.25) is 0 Å². The number of hydrogen-bond acceptors (Lipinski definition) is 3. The van der Waals surface area contributed by atoms with E-state index >= 15 is 0 Å². The van der Waals surface area contributed by atoms with Crippen molar-refractivity contribution < 1.29 is 4.74 Å². The molecule has 0 radical (unpaired) electrons. The highest BCUT2D eigenvalue weighted by molar-refractivity contribution is 9.10. The standard InChI is InChI=1S/C15H23BrN2O/c1-12(2)19-15-5-4-13(10-14(15)16)11-18-8-6-17(3)7-9-18/h4-5,10,12H,6-9,11H2,1-3H3. The molecule has 0 unspecified atom stereocenters. The SMILES string of the molecule is CC(C)Oc1ccc(CN2CCN(C)CC2)cc1Br. The maximum atomic E-state index is 5.74. The van der Waals surface area contributed by atoms with Gasteiger partial charge in [0, 0.05) is 32.7 Å². The normalized spacial score (nSPS) is 17.9. The molecule has 1 aliphatic rings. The summed E-state index contributed by atoms with van der Waals surface area (Å²) in [7, 11) is 2.19. The fourth-order valence-corrected chi connectivity index (χ4v) is 2.78. The maximum absolute atomic E-state index is 5.74. The molecule has 1 heterocycles. The number of benzene rings is 1. The van der Waals surface area contributed by atoms with Gasteiger partial charge in [0.1, 0.15) is 5.75 Å². The fourth-order valence-electron chi connectivity index (χ4n) is 2.26. The minimum atomic E-state index is 0.208. The third-order valence-electron chi connectivity index (χ3n) is 3.36. The van der Waals surface area contributed by atoms with Crippen LogP contribution in [0.1, 0.15) is 19.4 Å². The Balaban J connectivity index is 1.96. The molecule has 0 aliphatic carbocycles. The molecule has 0 saturated carbocycles. The predicted octanol–water partition coefficient (Wildman–Crippen LogP) is 2.98. The minimum Gasteiger partial charge on any atom is -0.490 e. The summed E-state index contributed by atoms with van der Waals surface area (Å²) in [6.07, 6.45) is 0.208. The maximum Gasteiger partial charge on any atom is 0.133 e. The molecule has 3 nitrogen and oxygen atoms in total. The molecule has 0 aromatic heterocycles. The summed E-state index contributed by atoms with van der Waals surface area (Å²) in [4.78, 5) is 4.89. The quantitative estimate of drug-likeness (QED) is 0.846.